The Morgan fingerprint density at radius 3 is 2.09 bits per heavy atom. The van der Waals surface area contributed by atoms with Crippen LogP contribution in [0.1, 0.15) is 13.3 Å². The molecule has 4 nitrogen and oxygen atoms in total. The molecule has 0 atom stereocenters. The van der Waals surface area contributed by atoms with E-state index in [-0.39, 0.29) is 11.8 Å². The van der Waals surface area contributed by atoms with E-state index < -0.39 is 0 Å². The summed E-state index contributed by atoms with van der Waals surface area (Å²) in [6.45, 7) is 1.46. The van der Waals surface area contributed by atoms with Crippen LogP contribution in [0.15, 0.2) is 59.5 Å². The quantitative estimate of drug-likeness (QED) is 0.798. The van der Waals surface area contributed by atoms with E-state index in [9.17, 15) is 9.59 Å². The van der Waals surface area contributed by atoms with Crippen LogP contribution < -0.4 is 10.6 Å². The molecular formula is C17H18N2O2S. The lowest BCUT2D eigenvalue weighted by atomic mass is 10.2. The lowest BCUT2D eigenvalue weighted by Crippen LogP contribution is -2.12. The molecule has 0 bridgehead atoms. The van der Waals surface area contributed by atoms with E-state index in [0.29, 0.717) is 12.1 Å². The molecule has 2 aromatic rings. The number of anilines is 2. The van der Waals surface area contributed by atoms with Gasteiger partial charge in [-0.1, -0.05) is 18.2 Å². The van der Waals surface area contributed by atoms with E-state index in [4.69, 9.17) is 0 Å². The summed E-state index contributed by atoms with van der Waals surface area (Å²) >= 11 is 1.66. The van der Waals surface area contributed by atoms with Crippen molar-refractivity contribution in [3.8, 4) is 0 Å². The Balaban J connectivity index is 1.75. The largest absolute Gasteiger partial charge is 0.326 e. The minimum Gasteiger partial charge on any atom is -0.326 e. The Morgan fingerprint density at radius 1 is 0.909 bits per heavy atom. The molecule has 0 heterocycles. The number of carbonyl (C=O) groups excluding carboxylic acids is 2. The lowest BCUT2D eigenvalue weighted by molar-refractivity contribution is -0.116. The SMILES string of the molecule is CC(=O)Nc1ccc(NC(=O)CCSc2ccccc2)cc1. The molecule has 114 valence electrons. The van der Waals surface area contributed by atoms with Crippen LogP contribution >= 0.6 is 11.8 Å². The molecule has 22 heavy (non-hydrogen) atoms. The van der Waals surface area contributed by atoms with Gasteiger partial charge in [-0.2, -0.15) is 0 Å². The maximum atomic E-state index is 11.9. The summed E-state index contributed by atoms with van der Waals surface area (Å²) in [4.78, 5) is 24.0. The number of hydrogen-bond acceptors (Lipinski definition) is 3. The van der Waals surface area contributed by atoms with Crippen molar-refractivity contribution in [2.45, 2.75) is 18.2 Å². The number of carbonyl (C=O) groups is 2. The van der Waals surface area contributed by atoms with E-state index in [2.05, 4.69) is 10.6 Å². The lowest BCUT2D eigenvalue weighted by Gasteiger charge is -2.07. The van der Waals surface area contributed by atoms with E-state index in [0.717, 1.165) is 16.3 Å². The van der Waals surface area contributed by atoms with Crippen molar-refractivity contribution >= 4 is 35.0 Å². The average molecular weight is 314 g/mol. The van der Waals surface area contributed by atoms with Crippen LogP contribution in [0.4, 0.5) is 11.4 Å². The van der Waals surface area contributed by atoms with Crippen molar-refractivity contribution in [2.24, 2.45) is 0 Å². The normalized spacial score (nSPS) is 10.0. The number of amides is 2. The maximum Gasteiger partial charge on any atom is 0.225 e. The molecule has 2 N–H and O–H groups in total. The fraction of sp³-hybridized carbons (Fsp3) is 0.176. The summed E-state index contributed by atoms with van der Waals surface area (Å²) in [5.74, 6) is 0.602. The van der Waals surface area contributed by atoms with Crippen molar-refractivity contribution in [1.29, 1.82) is 0 Å². The van der Waals surface area contributed by atoms with Crippen LogP contribution in [0, 0.1) is 0 Å². The van der Waals surface area contributed by atoms with Gasteiger partial charge >= 0.3 is 0 Å². The predicted octanol–water partition coefficient (Wildman–Crippen LogP) is 3.77. The zero-order valence-corrected chi connectivity index (χ0v) is 13.2. The summed E-state index contributed by atoms with van der Waals surface area (Å²) in [6, 6.07) is 17.1. The van der Waals surface area contributed by atoms with Crippen LogP contribution in [0.25, 0.3) is 0 Å². The highest BCUT2D eigenvalue weighted by Gasteiger charge is 2.03. The molecule has 0 radical (unpaired) electrons. The number of rotatable bonds is 6. The smallest absolute Gasteiger partial charge is 0.225 e. The predicted molar refractivity (Wildman–Crippen MR) is 91.2 cm³/mol. The second-order valence-electron chi connectivity index (χ2n) is 4.72. The van der Waals surface area contributed by atoms with Gasteiger partial charge in [0.2, 0.25) is 11.8 Å². The highest BCUT2D eigenvalue weighted by molar-refractivity contribution is 7.99. The molecule has 0 saturated carbocycles. The zero-order valence-electron chi connectivity index (χ0n) is 12.3. The van der Waals surface area contributed by atoms with Gasteiger partial charge in [0.05, 0.1) is 0 Å². The molecule has 0 aliphatic heterocycles. The third kappa shape index (κ3) is 5.61. The van der Waals surface area contributed by atoms with Gasteiger partial charge in [0.25, 0.3) is 0 Å². The molecule has 0 aliphatic carbocycles. The van der Waals surface area contributed by atoms with Gasteiger partial charge in [0.15, 0.2) is 0 Å². The van der Waals surface area contributed by atoms with Crippen molar-refractivity contribution < 1.29 is 9.59 Å². The summed E-state index contributed by atoms with van der Waals surface area (Å²) in [6.07, 6.45) is 0.451. The second kappa shape index (κ2) is 8.24. The first-order valence-corrected chi connectivity index (χ1v) is 7.97. The van der Waals surface area contributed by atoms with Gasteiger partial charge in [0, 0.05) is 35.4 Å². The molecule has 2 rings (SSSR count). The van der Waals surface area contributed by atoms with Crippen LogP contribution in [-0.2, 0) is 9.59 Å². The van der Waals surface area contributed by atoms with Crippen molar-refractivity contribution in [2.75, 3.05) is 16.4 Å². The molecule has 0 fully saturated rings. The van der Waals surface area contributed by atoms with Gasteiger partial charge in [-0.15, -0.1) is 11.8 Å². The highest BCUT2D eigenvalue weighted by atomic mass is 32.2. The molecular weight excluding hydrogens is 296 g/mol. The average Bonchev–Trinajstić information content (AvgIpc) is 2.50. The monoisotopic (exact) mass is 314 g/mol. The maximum absolute atomic E-state index is 11.9. The van der Waals surface area contributed by atoms with Crippen molar-refractivity contribution in [3.05, 3.63) is 54.6 Å². The molecule has 2 amide bonds. The van der Waals surface area contributed by atoms with Crippen molar-refractivity contribution in [1.82, 2.24) is 0 Å². The Morgan fingerprint density at radius 2 is 1.50 bits per heavy atom. The molecule has 0 aromatic heterocycles. The van der Waals surface area contributed by atoms with E-state index in [1.165, 1.54) is 6.92 Å². The fourth-order valence-corrected chi connectivity index (χ4v) is 2.71. The third-order valence-electron chi connectivity index (χ3n) is 2.83. The number of hydrogen-bond donors (Lipinski definition) is 2. The Kier molecular flexibility index (Phi) is 6.03. The van der Waals surface area contributed by atoms with Gasteiger partial charge in [-0.3, -0.25) is 9.59 Å². The van der Waals surface area contributed by atoms with Gasteiger partial charge in [0.1, 0.15) is 0 Å². The molecule has 0 spiro atoms. The van der Waals surface area contributed by atoms with Crippen LogP contribution in [0.5, 0.6) is 0 Å². The fourth-order valence-electron chi connectivity index (χ4n) is 1.84. The van der Waals surface area contributed by atoms with E-state index in [1.54, 1.807) is 36.0 Å². The zero-order chi connectivity index (χ0) is 15.8. The topological polar surface area (TPSA) is 58.2 Å². The summed E-state index contributed by atoms with van der Waals surface area (Å²) in [5.41, 5.74) is 1.44. The Hall–Kier alpha value is -2.27. The number of benzene rings is 2. The summed E-state index contributed by atoms with van der Waals surface area (Å²) < 4.78 is 0. The third-order valence-corrected chi connectivity index (χ3v) is 3.84. The molecule has 5 heteroatoms. The van der Waals surface area contributed by atoms with Crippen LogP contribution in [0.2, 0.25) is 0 Å². The minimum absolute atomic E-state index is 0.0179. The Labute approximate surface area is 134 Å². The summed E-state index contributed by atoms with van der Waals surface area (Å²) in [7, 11) is 0. The first kappa shape index (κ1) is 16.1. The number of nitrogens with one attached hydrogen (secondary N) is 2. The molecule has 2 aromatic carbocycles. The standard InChI is InChI=1S/C17H18N2O2S/c1-13(20)18-14-7-9-15(10-8-14)19-17(21)11-12-22-16-5-3-2-4-6-16/h2-10H,11-12H2,1H3,(H,18,20)(H,19,21). The molecule has 0 unspecified atom stereocenters. The van der Waals surface area contributed by atoms with Crippen LogP contribution in [-0.4, -0.2) is 17.6 Å². The highest BCUT2D eigenvalue weighted by Crippen LogP contribution is 2.18. The molecule has 0 aliphatic rings. The van der Waals surface area contributed by atoms with E-state index >= 15 is 0 Å². The van der Waals surface area contributed by atoms with Gasteiger partial charge < -0.3 is 10.6 Å². The molecule has 0 saturated heterocycles. The van der Waals surface area contributed by atoms with Gasteiger partial charge in [-0.05, 0) is 36.4 Å². The minimum atomic E-state index is -0.116. The van der Waals surface area contributed by atoms with Gasteiger partial charge in [-0.25, -0.2) is 0 Å². The summed E-state index contributed by atoms with van der Waals surface area (Å²) in [5, 5.41) is 5.53. The second-order valence-corrected chi connectivity index (χ2v) is 5.89. The van der Waals surface area contributed by atoms with Crippen molar-refractivity contribution in [3.63, 3.8) is 0 Å². The number of thioether (sulfide) groups is 1. The first-order valence-electron chi connectivity index (χ1n) is 6.99. The first-order chi connectivity index (χ1) is 10.6. The van der Waals surface area contributed by atoms with Crippen LogP contribution in [0.3, 0.4) is 0 Å². The van der Waals surface area contributed by atoms with E-state index in [1.807, 2.05) is 30.3 Å². The Bertz CT molecular complexity index is 627.